The minimum absolute atomic E-state index is 0.674. The molecular formula is C6H5NS2. The molecule has 0 spiro atoms. The topological polar surface area (TPSA) is 12.4 Å². The van der Waals surface area contributed by atoms with Crippen LogP contribution in [0.5, 0.6) is 0 Å². The first-order valence-electron chi connectivity index (χ1n) is 2.48. The van der Waals surface area contributed by atoms with Crippen LogP contribution in [0.2, 0.25) is 0 Å². The normalized spacial score (nSPS) is 8.44. The van der Waals surface area contributed by atoms with Crippen molar-refractivity contribution in [3.63, 3.8) is 0 Å². The Labute approximate surface area is 63.1 Å². The largest absolute Gasteiger partial charge is 0.228 e. The Hall–Kier alpha value is -0.500. The monoisotopic (exact) mass is 155 g/mol. The molecule has 1 heterocycles. The average molecular weight is 155 g/mol. The number of thiocarbonyl (C=S) groups is 1. The van der Waals surface area contributed by atoms with Gasteiger partial charge in [0, 0.05) is 0 Å². The SMILES string of the molecule is S=C=NCc1ccsc1. The molecule has 0 radical (unpaired) electrons. The summed E-state index contributed by atoms with van der Waals surface area (Å²) < 4.78 is 0. The summed E-state index contributed by atoms with van der Waals surface area (Å²) in [6.07, 6.45) is 0. The lowest BCUT2D eigenvalue weighted by Gasteiger charge is -1.81. The molecule has 0 aliphatic rings. The van der Waals surface area contributed by atoms with Gasteiger partial charge in [-0.15, -0.1) is 0 Å². The Morgan fingerprint density at radius 2 is 2.67 bits per heavy atom. The molecule has 1 nitrogen and oxygen atoms in total. The first-order valence-corrected chi connectivity index (χ1v) is 3.83. The second-order valence-electron chi connectivity index (χ2n) is 1.54. The number of hydrogen-bond donors (Lipinski definition) is 0. The van der Waals surface area contributed by atoms with E-state index in [0.29, 0.717) is 6.54 Å². The van der Waals surface area contributed by atoms with Crippen LogP contribution in [-0.2, 0) is 6.54 Å². The van der Waals surface area contributed by atoms with Gasteiger partial charge in [-0.1, -0.05) is 0 Å². The van der Waals surface area contributed by atoms with Crippen molar-refractivity contribution in [2.24, 2.45) is 4.99 Å². The smallest absolute Gasteiger partial charge is 0.0751 e. The van der Waals surface area contributed by atoms with Crippen LogP contribution in [0.3, 0.4) is 0 Å². The Bertz CT molecular complexity index is 209. The third kappa shape index (κ3) is 2.06. The van der Waals surface area contributed by atoms with Crippen LogP contribution in [-0.4, -0.2) is 5.16 Å². The highest BCUT2D eigenvalue weighted by molar-refractivity contribution is 7.78. The minimum Gasteiger partial charge on any atom is -0.228 e. The molecule has 46 valence electrons. The zero-order valence-corrected chi connectivity index (χ0v) is 6.34. The van der Waals surface area contributed by atoms with Crippen molar-refractivity contribution in [3.8, 4) is 0 Å². The molecule has 9 heavy (non-hydrogen) atoms. The predicted octanol–water partition coefficient (Wildman–Crippen LogP) is 2.35. The van der Waals surface area contributed by atoms with E-state index >= 15 is 0 Å². The van der Waals surface area contributed by atoms with Gasteiger partial charge in [0.05, 0.1) is 11.7 Å². The van der Waals surface area contributed by atoms with Gasteiger partial charge in [0.1, 0.15) is 0 Å². The highest BCUT2D eigenvalue weighted by atomic mass is 32.1. The molecule has 0 N–H and O–H groups in total. The molecule has 0 saturated carbocycles. The lowest BCUT2D eigenvalue weighted by atomic mass is 10.3. The Balaban J connectivity index is 2.57. The molecule has 0 aliphatic carbocycles. The quantitative estimate of drug-likeness (QED) is 0.471. The summed E-state index contributed by atoms with van der Waals surface area (Å²) >= 11 is 6.08. The minimum atomic E-state index is 0.674. The van der Waals surface area contributed by atoms with Gasteiger partial charge in [0.2, 0.25) is 0 Å². The Morgan fingerprint density at radius 1 is 1.78 bits per heavy atom. The maximum absolute atomic E-state index is 4.41. The van der Waals surface area contributed by atoms with Crippen molar-refractivity contribution in [1.82, 2.24) is 0 Å². The number of hydrogen-bond acceptors (Lipinski definition) is 3. The molecule has 0 atom stereocenters. The van der Waals surface area contributed by atoms with Crippen molar-refractivity contribution in [2.75, 3.05) is 0 Å². The standard InChI is InChI=1S/C6H5NS2/c8-5-7-3-6-1-2-9-4-6/h1-2,4H,3H2. The average Bonchev–Trinajstić information content (AvgIpc) is 2.34. The molecule has 0 bridgehead atoms. The highest BCUT2D eigenvalue weighted by Gasteiger charge is 1.86. The van der Waals surface area contributed by atoms with Crippen molar-refractivity contribution in [2.45, 2.75) is 6.54 Å². The lowest BCUT2D eigenvalue weighted by molar-refractivity contribution is 1.09. The molecule has 0 aliphatic heterocycles. The van der Waals surface area contributed by atoms with Gasteiger partial charge in [-0.25, -0.2) is 4.99 Å². The van der Waals surface area contributed by atoms with E-state index in [1.165, 1.54) is 5.56 Å². The van der Waals surface area contributed by atoms with E-state index in [0.717, 1.165) is 0 Å². The van der Waals surface area contributed by atoms with Crippen molar-refractivity contribution >= 4 is 28.7 Å². The molecule has 3 heteroatoms. The zero-order chi connectivity index (χ0) is 6.53. The summed E-state index contributed by atoms with van der Waals surface area (Å²) in [7, 11) is 0. The van der Waals surface area contributed by atoms with Crippen LogP contribution in [0.15, 0.2) is 21.8 Å². The third-order valence-electron chi connectivity index (χ3n) is 0.906. The summed E-state index contributed by atoms with van der Waals surface area (Å²) in [5, 5.41) is 6.39. The fourth-order valence-electron chi connectivity index (χ4n) is 0.506. The van der Waals surface area contributed by atoms with Crippen LogP contribution < -0.4 is 0 Å². The summed E-state index contributed by atoms with van der Waals surface area (Å²) in [5.74, 6) is 0. The molecule has 0 amide bonds. The number of rotatable bonds is 2. The summed E-state index contributed by atoms with van der Waals surface area (Å²) in [5.41, 5.74) is 1.21. The van der Waals surface area contributed by atoms with Gasteiger partial charge >= 0.3 is 0 Å². The molecular weight excluding hydrogens is 150 g/mol. The fraction of sp³-hybridized carbons (Fsp3) is 0.167. The lowest BCUT2D eigenvalue weighted by Crippen LogP contribution is -1.70. The van der Waals surface area contributed by atoms with E-state index in [-0.39, 0.29) is 0 Å². The van der Waals surface area contributed by atoms with Gasteiger partial charge in [0.15, 0.2) is 0 Å². The number of nitrogens with zero attached hydrogens (tertiary/aromatic N) is 1. The van der Waals surface area contributed by atoms with Crippen LogP contribution in [0.4, 0.5) is 0 Å². The van der Waals surface area contributed by atoms with E-state index in [2.05, 4.69) is 27.8 Å². The van der Waals surface area contributed by atoms with Crippen molar-refractivity contribution < 1.29 is 0 Å². The zero-order valence-electron chi connectivity index (χ0n) is 4.70. The van der Waals surface area contributed by atoms with Crippen LogP contribution in [0, 0.1) is 0 Å². The fourth-order valence-corrected chi connectivity index (χ4v) is 1.23. The van der Waals surface area contributed by atoms with Crippen LogP contribution in [0.25, 0.3) is 0 Å². The maximum Gasteiger partial charge on any atom is 0.0751 e. The molecule has 0 fully saturated rings. The van der Waals surface area contributed by atoms with Crippen LogP contribution in [0.1, 0.15) is 5.56 Å². The van der Waals surface area contributed by atoms with E-state index in [1.807, 2.05) is 11.4 Å². The molecule has 0 aromatic carbocycles. The third-order valence-corrected chi connectivity index (χ3v) is 1.77. The predicted molar refractivity (Wildman–Crippen MR) is 43.0 cm³/mol. The first kappa shape index (κ1) is 6.62. The molecule has 1 aromatic heterocycles. The van der Waals surface area contributed by atoms with E-state index < -0.39 is 0 Å². The number of thiophene rings is 1. The van der Waals surface area contributed by atoms with Gasteiger partial charge in [-0.05, 0) is 34.6 Å². The van der Waals surface area contributed by atoms with Crippen molar-refractivity contribution in [3.05, 3.63) is 22.4 Å². The molecule has 1 rings (SSSR count). The summed E-state index contributed by atoms with van der Waals surface area (Å²) in [6.45, 7) is 0.674. The Morgan fingerprint density at radius 3 is 3.22 bits per heavy atom. The van der Waals surface area contributed by atoms with Gasteiger partial charge in [-0.3, -0.25) is 0 Å². The van der Waals surface area contributed by atoms with Crippen LogP contribution >= 0.6 is 23.6 Å². The summed E-state index contributed by atoms with van der Waals surface area (Å²) in [6, 6.07) is 2.03. The molecule has 0 saturated heterocycles. The molecule has 1 aromatic rings. The van der Waals surface area contributed by atoms with Gasteiger partial charge < -0.3 is 0 Å². The van der Waals surface area contributed by atoms with E-state index in [1.54, 1.807) is 11.3 Å². The Kier molecular flexibility index (Phi) is 2.58. The summed E-state index contributed by atoms with van der Waals surface area (Å²) in [4.78, 5) is 3.79. The van der Waals surface area contributed by atoms with Crippen molar-refractivity contribution in [1.29, 1.82) is 0 Å². The van der Waals surface area contributed by atoms with Gasteiger partial charge in [0.25, 0.3) is 0 Å². The maximum atomic E-state index is 4.41. The number of aliphatic imine (C=N–C) groups is 1. The first-order chi connectivity index (χ1) is 4.43. The highest BCUT2D eigenvalue weighted by Crippen LogP contribution is 2.05. The van der Waals surface area contributed by atoms with Gasteiger partial charge in [-0.2, -0.15) is 11.3 Å². The molecule has 0 unspecified atom stereocenters. The number of isothiocyanates is 1. The second kappa shape index (κ2) is 3.51. The van der Waals surface area contributed by atoms with E-state index in [4.69, 9.17) is 0 Å². The van der Waals surface area contributed by atoms with E-state index in [9.17, 15) is 0 Å². The second-order valence-corrected chi connectivity index (χ2v) is 2.50.